The van der Waals surface area contributed by atoms with E-state index >= 15 is 0 Å². The van der Waals surface area contributed by atoms with Crippen LogP contribution in [0.4, 0.5) is 10.1 Å². The Morgan fingerprint density at radius 1 is 0.947 bits per heavy atom. The highest BCUT2D eigenvalue weighted by Crippen LogP contribution is 2.31. The lowest BCUT2D eigenvalue weighted by atomic mass is 10.1. The molecule has 0 bridgehead atoms. The summed E-state index contributed by atoms with van der Waals surface area (Å²) in [5.41, 5.74) is 1.16. The summed E-state index contributed by atoms with van der Waals surface area (Å²) in [4.78, 5) is 27.8. The minimum Gasteiger partial charge on any atom is -0.352 e. The first-order chi connectivity index (χ1) is 17.9. The number of rotatable bonds is 10. The van der Waals surface area contributed by atoms with E-state index in [1.807, 2.05) is 6.92 Å². The maximum atomic E-state index is 14.5. The third kappa shape index (κ3) is 6.90. The molecule has 0 unspecified atom stereocenters. The van der Waals surface area contributed by atoms with Crippen molar-refractivity contribution in [3.63, 3.8) is 0 Å². The molecule has 1 atom stereocenters. The fourth-order valence-corrected chi connectivity index (χ4v) is 5.52. The SMILES string of the molecule is Cc1ccc(S(=O)(=O)N(CC(=O)N(Cc2ccccc2F)[C@H](C)C(=O)NC(C)C)c2ccccc2Cl)cc1. The highest BCUT2D eigenvalue weighted by Gasteiger charge is 2.33. The van der Waals surface area contributed by atoms with Crippen molar-refractivity contribution in [3.05, 3.63) is 94.8 Å². The van der Waals surface area contributed by atoms with Crippen LogP contribution in [0.5, 0.6) is 0 Å². The number of nitrogens with zero attached hydrogens (tertiary/aromatic N) is 2. The molecule has 2 amide bonds. The molecule has 3 aromatic rings. The number of carbonyl (C=O) groups is 2. The number of para-hydroxylation sites is 1. The molecule has 0 spiro atoms. The van der Waals surface area contributed by atoms with Crippen LogP contribution in [0, 0.1) is 12.7 Å². The van der Waals surface area contributed by atoms with Crippen LogP contribution in [0.15, 0.2) is 77.7 Å². The number of hydrogen-bond acceptors (Lipinski definition) is 4. The minimum absolute atomic E-state index is 0.0259. The summed E-state index contributed by atoms with van der Waals surface area (Å²) in [7, 11) is -4.24. The van der Waals surface area contributed by atoms with Crippen LogP contribution >= 0.6 is 11.6 Å². The molecule has 0 aliphatic heterocycles. The van der Waals surface area contributed by atoms with E-state index in [2.05, 4.69) is 5.32 Å². The first kappa shape index (κ1) is 29.1. The Morgan fingerprint density at radius 2 is 1.55 bits per heavy atom. The van der Waals surface area contributed by atoms with Crippen molar-refractivity contribution in [2.45, 2.75) is 51.2 Å². The maximum absolute atomic E-state index is 14.5. The molecule has 0 aliphatic carbocycles. The Kier molecular flexibility index (Phi) is 9.51. The second-order valence-electron chi connectivity index (χ2n) is 9.23. The van der Waals surface area contributed by atoms with Gasteiger partial charge in [-0.15, -0.1) is 0 Å². The minimum atomic E-state index is -4.24. The number of hydrogen-bond donors (Lipinski definition) is 1. The lowest BCUT2D eigenvalue weighted by molar-refractivity contribution is -0.139. The molecule has 10 heteroatoms. The van der Waals surface area contributed by atoms with E-state index in [4.69, 9.17) is 11.6 Å². The fourth-order valence-electron chi connectivity index (χ4n) is 3.80. The van der Waals surface area contributed by atoms with E-state index in [0.29, 0.717) is 0 Å². The first-order valence-electron chi connectivity index (χ1n) is 12.1. The van der Waals surface area contributed by atoms with E-state index in [1.54, 1.807) is 44.2 Å². The monoisotopic (exact) mass is 559 g/mol. The van der Waals surface area contributed by atoms with Crippen molar-refractivity contribution < 1.29 is 22.4 Å². The van der Waals surface area contributed by atoms with Crippen molar-refractivity contribution >= 4 is 39.1 Å². The van der Waals surface area contributed by atoms with E-state index in [0.717, 1.165) is 9.87 Å². The number of anilines is 1. The Hall–Kier alpha value is -3.43. The quantitative estimate of drug-likeness (QED) is 0.382. The molecule has 0 saturated heterocycles. The van der Waals surface area contributed by atoms with Gasteiger partial charge in [0.2, 0.25) is 11.8 Å². The molecule has 0 heterocycles. The molecular weight excluding hydrogens is 529 g/mol. The molecule has 0 aliphatic rings. The maximum Gasteiger partial charge on any atom is 0.264 e. The van der Waals surface area contributed by atoms with Gasteiger partial charge in [-0.05, 0) is 58.0 Å². The summed E-state index contributed by atoms with van der Waals surface area (Å²) >= 11 is 6.38. The van der Waals surface area contributed by atoms with Crippen LogP contribution in [0.1, 0.15) is 31.9 Å². The van der Waals surface area contributed by atoms with Crippen LogP contribution < -0.4 is 9.62 Å². The largest absolute Gasteiger partial charge is 0.352 e. The van der Waals surface area contributed by atoms with Gasteiger partial charge in [-0.25, -0.2) is 12.8 Å². The Labute approximate surface area is 228 Å². The molecule has 0 fully saturated rings. The molecule has 38 heavy (non-hydrogen) atoms. The van der Waals surface area contributed by atoms with Gasteiger partial charge in [0.15, 0.2) is 0 Å². The lowest BCUT2D eigenvalue weighted by Crippen LogP contribution is -2.52. The zero-order valence-electron chi connectivity index (χ0n) is 21.7. The smallest absolute Gasteiger partial charge is 0.264 e. The van der Waals surface area contributed by atoms with Gasteiger partial charge in [0.1, 0.15) is 18.4 Å². The van der Waals surface area contributed by atoms with Crippen LogP contribution in [0.3, 0.4) is 0 Å². The molecule has 0 aromatic heterocycles. The van der Waals surface area contributed by atoms with Gasteiger partial charge in [-0.1, -0.05) is 59.6 Å². The molecule has 3 aromatic carbocycles. The standard InChI is InChI=1S/C28H31ClFN3O4S/c1-19(2)31-28(35)21(4)32(17-22-9-5-7-11-25(22)30)27(34)18-33(26-12-8-6-10-24(26)29)38(36,37)23-15-13-20(3)14-16-23/h5-16,19,21H,17-18H2,1-4H3,(H,31,35)/t21-/m1/s1. The molecule has 0 saturated carbocycles. The summed E-state index contributed by atoms with van der Waals surface area (Å²) < 4.78 is 43.0. The Balaban J connectivity index is 2.06. The fraction of sp³-hybridized carbons (Fsp3) is 0.286. The number of nitrogens with one attached hydrogen (secondary N) is 1. The molecule has 202 valence electrons. The third-order valence-corrected chi connectivity index (χ3v) is 8.00. The summed E-state index contributed by atoms with van der Waals surface area (Å²) in [6.45, 7) is 6.01. The summed E-state index contributed by atoms with van der Waals surface area (Å²) in [5, 5.41) is 2.88. The van der Waals surface area contributed by atoms with Crippen LogP contribution in [0.25, 0.3) is 0 Å². The van der Waals surface area contributed by atoms with E-state index < -0.39 is 40.2 Å². The first-order valence-corrected chi connectivity index (χ1v) is 13.9. The zero-order chi connectivity index (χ0) is 28.0. The highest BCUT2D eigenvalue weighted by molar-refractivity contribution is 7.92. The second kappa shape index (κ2) is 12.4. The number of benzene rings is 3. The van der Waals surface area contributed by atoms with Gasteiger partial charge in [-0.3, -0.25) is 13.9 Å². The number of sulfonamides is 1. The highest BCUT2D eigenvalue weighted by atomic mass is 35.5. The predicted octanol–water partition coefficient (Wildman–Crippen LogP) is 4.92. The Bertz CT molecular complexity index is 1400. The summed E-state index contributed by atoms with van der Waals surface area (Å²) in [5.74, 6) is -1.69. The van der Waals surface area contributed by atoms with Crippen molar-refractivity contribution in [1.82, 2.24) is 10.2 Å². The average molecular weight is 560 g/mol. The summed E-state index contributed by atoms with van der Waals surface area (Å²) in [6, 6.07) is 17.2. The molecule has 7 nitrogen and oxygen atoms in total. The number of carbonyl (C=O) groups excluding carboxylic acids is 2. The van der Waals surface area contributed by atoms with Crippen molar-refractivity contribution in [3.8, 4) is 0 Å². The van der Waals surface area contributed by atoms with E-state index in [-0.39, 0.29) is 33.8 Å². The van der Waals surface area contributed by atoms with E-state index in [9.17, 15) is 22.4 Å². The number of amides is 2. The topological polar surface area (TPSA) is 86.8 Å². The van der Waals surface area contributed by atoms with Gasteiger partial charge in [0, 0.05) is 18.2 Å². The molecule has 3 rings (SSSR count). The number of aryl methyl sites for hydroxylation is 1. The Morgan fingerprint density at radius 3 is 2.16 bits per heavy atom. The normalized spacial score (nSPS) is 12.2. The molecule has 0 radical (unpaired) electrons. The van der Waals surface area contributed by atoms with Crippen LogP contribution in [0.2, 0.25) is 5.02 Å². The van der Waals surface area contributed by atoms with Gasteiger partial charge in [0.05, 0.1) is 15.6 Å². The van der Waals surface area contributed by atoms with Crippen molar-refractivity contribution in [2.24, 2.45) is 0 Å². The molecule has 1 N–H and O–H groups in total. The summed E-state index contributed by atoms with van der Waals surface area (Å²) in [6.07, 6.45) is 0. The predicted molar refractivity (Wildman–Crippen MR) is 147 cm³/mol. The average Bonchev–Trinajstić information content (AvgIpc) is 2.86. The lowest BCUT2D eigenvalue weighted by Gasteiger charge is -2.32. The second-order valence-corrected chi connectivity index (χ2v) is 11.5. The van der Waals surface area contributed by atoms with Crippen LogP contribution in [-0.2, 0) is 26.2 Å². The van der Waals surface area contributed by atoms with Gasteiger partial charge in [0.25, 0.3) is 10.0 Å². The van der Waals surface area contributed by atoms with Gasteiger partial charge in [-0.2, -0.15) is 0 Å². The zero-order valence-corrected chi connectivity index (χ0v) is 23.3. The van der Waals surface area contributed by atoms with E-state index in [1.165, 1.54) is 54.3 Å². The van der Waals surface area contributed by atoms with Crippen molar-refractivity contribution in [2.75, 3.05) is 10.8 Å². The van der Waals surface area contributed by atoms with Crippen molar-refractivity contribution in [1.29, 1.82) is 0 Å². The third-order valence-electron chi connectivity index (χ3n) is 5.91. The molecular formula is C28H31ClFN3O4S. The van der Waals surface area contributed by atoms with Crippen LogP contribution in [-0.4, -0.2) is 43.8 Å². The number of halogens is 2. The van der Waals surface area contributed by atoms with Gasteiger partial charge < -0.3 is 10.2 Å². The van der Waals surface area contributed by atoms with Gasteiger partial charge >= 0.3 is 0 Å².